The fourth-order valence-electron chi connectivity index (χ4n) is 4.63. The first kappa shape index (κ1) is 29.2. The molecular weight excluding hydrogens is 487 g/mol. The molecular formula is C30H39FN2O5. The van der Waals surface area contributed by atoms with Gasteiger partial charge in [0.2, 0.25) is 0 Å². The molecule has 7 nitrogen and oxygen atoms in total. The summed E-state index contributed by atoms with van der Waals surface area (Å²) < 4.78 is 25.4. The first-order chi connectivity index (χ1) is 18.4. The minimum absolute atomic E-state index is 0.0276. The number of amides is 1. The third-order valence-electron chi connectivity index (χ3n) is 6.80. The number of ether oxygens (including phenoxy) is 2. The molecule has 2 aromatic carbocycles. The van der Waals surface area contributed by atoms with Crippen LogP contribution in [0.5, 0.6) is 11.5 Å². The smallest absolute Gasteiger partial charge is 0.295 e. The predicted octanol–water partition coefficient (Wildman–Crippen LogP) is 5.56. The van der Waals surface area contributed by atoms with E-state index in [-0.39, 0.29) is 16.9 Å². The number of rotatable bonds is 14. The Morgan fingerprint density at radius 1 is 0.974 bits per heavy atom. The Bertz CT molecular complexity index is 1130. The van der Waals surface area contributed by atoms with Crippen molar-refractivity contribution in [3.63, 3.8) is 0 Å². The van der Waals surface area contributed by atoms with Crippen molar-refractivity contribution in [1.82, 2.24) is 9.80 Å². The molecule has 0 bridgehead atoms. The molecule has 1 atom stereocenters. The van der Waals surface area contributed by atoms with E-state index in [9.17, 15) is 19.1 Å². The number of halogens is 1. The number of aliphatic hydroxyl groups excluding tert-OH is 1. The molecule has 1 unspecified atom stereocenters. The highest BCUT2D eigenvalue weighted by atomic mass is 19.1. The van der Waals surface area contributed by atoms with Crippen LogP contribution in [-0.4, -0.2) is 66.0 Å². The number of unbranched alkanes of at least 4 members (excludes halogenated alkanes) is 2. The highest BCUT2D eigenvalue weighted by Gasteiger charge is 2.46. The largest absolute Gasteiger partial charge is 0.507 e. The number of likely N-dealkylation sites (tertiary alicyclic amines) is 1. The van der Waals surface area contributed by atoms with Crippen molar-refractivity contribution in [1.29, 1.82) is 0 Å². The van der Waals surface area contributed by atoms with Crippen LogP contribution in [0.4, 0.5) is 4.39 Å². The van der Waals surface area contributed by atoms with Crippen molar-refractivity contribution in [2.24, 2.45) is 0 Å². The quantitative estimate of drug-likeness (QED) is 0.150. The number of carbonyl (C=O) groups excluding carboxylic acids is 2. The van der Waals surface area contributed by atoms with E-state index < -0.39 is 23.5 Å². The van der Waals surface area contributed by atoms with Gasteiger partial charge in [-0.2, -0.15) is 0 Å². The number of hydrogen-bond acceptors (Lipinski definition) is 6. The van der Waals surface area contributed by atoms with Gasteiger partial charge in [-0.15, -0.1) is 0 Å². The van der Waals surface area contributed by atoms with Gasteiger partial charge in [0, 0.05) is 18.7 Å². The first-order valence-corrected chi connectivity index (χ1v) is 13.5. The summed E-state index contributed by atoms with van der Waals surface area (Å²) in [4.78, 5) is 30.2. The van der Waals surface area contributed by atoms with Gasteiger partial charge in [0.15, 0.2) is 11.5 Å². The Hall–Kier alpha value is -3.39. The zero-order chi connectivity index (χ0) is 27.7. The first-order valence-electron chi connectivity index (χ1n) is 13.5. The summed E-state index contributed by atoms with van der Waals surface area (Å²) in [5, 5.41) is 11.2. The summed E-state index contributed by atoms with van der Waals surface area (Å²) in [6.45, 7) is 11.5. The molecule has 1 fully saturated rings. The Balaban J connectivity index is 2.08. The van der Waals surface area contributed by atoms with Crippen LogP contribution in [0.1, 0.15) is 64.1 Å². The van der Waals surface area contributed by atoms with E-state index in [4.69, 9.17) is 9.47 Å². The SMILES string of the molecule is CCCCCOc1ccc(C2/C(=C(\O)c3ccc(F)cc3)C(=O)C(=O)N2CCN(CC)CC)cc1OCC. The molecule has 1 saturated heterocycles. The van der Waals surface area contributed by atoms with Crippen molar-refractivity contribution in [2.45, 2.75) is 53.0 Å². The van der Waals surface area contributed by atoms with Crippen molar-refractivity contribution < 1.29 is 28.6 Å². The number of nitrogens with zero attached hydrogens (tertiary/aromatic N) is 2. The second kappa shape index (κ2) is 14.0. The number of aliphatic hydroxyl groups is 1. The van der Waals surface area contributed by atoms with Crippen molar-refractivity contribution in [2.75, 3.05) is 39.4 Å². The molecule has 0 radical (unpaired) electrons. The number of hydrogen-bond donors (Lipinski definition) is 1. The highest BCUT2D eigenvalue weighted by molar-refractivity contribution is 6.46. The van der Waals surface area contributed by atoms with Crippen LogP contribution in [0.15, 0.2) is 48.0 Å². The van der Waals surface area contributed by atoms with Crippen LogP contribution < -0.4 is 9.47 Å². The topological polar surface area (TPSA) is 79.3 Å². The van der Waals surface area contributed by atoms with E-state index in [2.05, 4.69) is 11.8 Å². The van der Waals surface area contributed by atoms with Crippen molar-refractivity contribution in [3.05, 3.63) is 65.0 Å². The average Bonchev–Trinajstić information content (AvgIpc) is 3.17. The molecule has 0 aliphatic carbocycles. The van der Waals surface area contributed by atoms with Gasteiger partial charge < -0.3 is 24.4 Å². The number of benzene rings is 2. The van der Waals surface area contributed by atoms with Crippen molar-refractivity contribution >= 4 is 17.4 Å². The molecule has 206 valence electrons. The normalized spacial score (nSPS) is 16.9. The number of ketones is 1. The monoisotopic (exact) mass is 526 g/mol. The van der Waals surface area contributed by atoms with E-state index in [0.29, 0.717) is 43.4 Å². The van der Waals surface area contributed by atoms with Gasteiger partial charge in [0.05, 0.1) is 24.8 Å². The second-order valence-electron chi connectivity index (χ2n) is 9.22. The summed E-state index contributed by atoms with van der Waals surface area (Å²) >= 11 is 0. The molecule has 0 spiro atoms. The van der Waals surface area contributed by atoms with Crippen LogP contribution in [-0.2, 0) is 9.59 Å². The Morgan fingerprint density at radius 2 is 1.68 bits per heavy atom. The van der Waals surface area contributed by atoms with Crippen LogP contribution in [0.3, 0.4) is 0 Å². The highest BCUT2D eigenvalue weighted by Crippen LogP contribution is 2.42. The van der Waals surface area contributed by atoms with Crippen LogP contribution >= 0.6 is 0 Å². The van der Waals surface area contributed by atoms with E-state index in [1.54, 1.807) is 18.2 Å². The zero-order valence-electron chi connectivity index (χ0n) is 22.8. The maximum Gasteiger partial charge on any atom is 0.295 e. The van der Waals surface area contributed by atoms with Gasteiger partial charge >= 0.3 is 0 Å². The number of likely N-dealkylation sites (N-methyl/N-ethyl adjacent to an activating group) is 1. The predicted molar refractivity (Wildman–Crippen MR) is 146 cm³/mol. The molecule has 1 aliphatic heterocycles. The fourth-order valence-corrected chi connectivity index (χ4v) is 4.63. The third kappa shape index (κ3) is 6.72. The molecule has 3 rings (SSSR count). The molecule has 1 amide bonds. The minimum Gasteiger partial charge on any atom is -0.507 e. The van der Waals surface area contributed by atoms with E-state index in [1.807, 2.05) is 20.8 Å². The van der Waals surface area contributed by atoms with Crippen LogP contribution in [0, 0.1) is 5.82 Å². The van der Waals surface area contributed by atoms with Gasteiger partial charge in [0.25, 0.3) is 11.7 Å². The Morgan fingerprint density at radius 3 is 2.32 bits per heavy atom. The maximum atomic E-state index is 13.5. The van der Waals surface area contributed by atoms with Gasteiger partial charge in [-0.1, -0.05) is 39.7 Å². The summed E-state index contributed by atoms with van der Waals surface area (Å²) in [5.41, 5.74) is 0.857. The zero-order valence-corrected chi connectivity index (χ0v) is 22.8. The van der Waals surface area contributed by atoms with Gasteiger partial charge in [-0.3, -0.25) is 9.59 Å². The summed E-state index contributed by atoms with van der Waals surface area (Å²) in [6.07, 6.45) is 3.07. The fraction of sp³-hybridized carbons (Fsp3) is 0.467. The molecule has 1 N–H and O–H groups in total. The lowest BCUT2D eigenvalue weighted by molar-refractivity contribution is -0.140. The molecule has 8 heteroatoms. The Kier molecular flexibility index (Phi) is 10.7. The molecule has 38 heavy (non-hydrogen) atoms. The molecule has 2 aromatic rings. The van der Waals surface area contributed by atoms with Gasteiger partial charge in [-0.25, -0.2) is 4.39 Å². The van der Waals surface area contributed by atoms with E-state index >= 15 is 0 Å². The molecule has 0 aromatic heterocycles. The van der Waals surface area contributed by atoms with E-state index in [1.165, 1.54) is 29.2 Å². The lowest BCUT2D eigenvalue weighted by Gasteiger charge is -2.28. The molecule has 1 aliphatic rings. The van der Waals surface area contributed by atoms with Gasteiger partial charge in [0.1, 0.15) is 11.6 Å². The molecule has 0 saturated carbocycles. The van der Waals surface area contributed by atoms with Crippen LogP contribution in [0.2, 0.25) is 0 Å². The standard InChI is InChI=1S/C30H39FN2O5/c1-5-9-10-19-38-24-16-13-22(20-25(24)37-8-4)27-26(28(34)21-11-14-23(31)15-12-21)29(35)30(36)33(27)18-17-32(6-2)7-3/h11-16,20,27,34H,5-10,17-19H2,1-4H3/b28-26+. The van der Waals surface area contributed by atoms with Crippen molar-refractivity contribution in [3.8, 4) is 11.5 Å². The number of Topliss-reactive ketones (excluding diaryl/α,β-unsaturated/α-hetero) is 1. The summed E-state index contributed by atoms with van der Waals surface area (Å²) in [7, 11) is 0. The van der Waals surface area contributed by atoms with Crippen LogP contribution in [0.25, 0.3) is 5.76 Å². The summed E-state index contributed by atoms with van der Waals surface area (Å²) in [6, 6.07) is 9.73. The number of carbonyl (C=O) groups is 2. The van der Waals surface area contributed by atoms with E-state index in [0.717, 1.165) is 32.4 Å². The lowest BCUT2D eigenvalue weighted by atomic mass is 9.95. The minimum atomic E-state index is -0.830. The summed E-state index contributed by atoms with van der Waals surface area (Å²) in [5.74, 6) is -1.15. The lowest BCUT2D eigenvalue weighted by Crippen LogP contribution is -2.38. The third-order valence-corrected chi connectivity index (χ3v) is 6.80. The average molecular weight is 527 g/mol. The second-order valence-corrected chi connectivity index (χ2v) is 9.22. The molecule has 1 heterocycles. The Labute approximate surface area is 224 Å². The maximum absolute atomic E-state index is 13.5. The van der Waals surface area contributed by atoms with Gasteiger partial charge in [-0.05, 0) is 68.4 Å².